The number of tetrazole rings is 1. The van der Waals surface area contributed by atoms with Gasteiger partial charge in [0.1, 0.15) is 6.33 Å². The van der Waals surface area contributed by atoms with Crippen LogP contribution in [-0.4, -0.2) is 51.5 Å². The number of aryl methyl sites for hydroxylation is 1. The molecule has 2 aromatic rings. The predicted octanol–water partition coefficient (Wildman–Crippen LogP) is 2.14. The number of benzene rings is 1. The molecule has 2 aliphatic rings. The lowest BCUT2D eigenvalue weighted by molar-refractivity contribution is 0.100. The summed E-state index contributed by atoms with van der Waals surface area (Å²) in [5.74, 6) is 1.75. The maximum Gasteiger partial charge on any atom is 0.231 e. The normalized spacial score (nSPS) is 23.1. The first-order valence-electron chi connectivity index (χ1n) is 9.02. The Morgan fingerprint density at radius 2 is 2.12 bits per heavy atom. The molecule has 0 radical (unpaired) electrons. The zero-order valence-electron chi connectivity index (χ0n) is 14.7. The minimum Gasteiger partial charge on any atom is -0.454 e. The van der Waals surface area contributed by atoms with E-state index < -0.39 is 0 Å². The largest absolute Gasteiger partial charge is 0.454 e. The van der Waals surface area contributed by atoms with Crippen LogP contribution >= 0.6 is 0 Å². The van der Waals surface area contributed by atoms with Crippen LogP contribution in [0, 0.1) is 5.41 Å². The summed E-state index contributed by atoms with van der Waals surface area (Å²) in [6, 6.07) is 6.35. The second-order valence-electron chi connectivity index (χ2n) is 7.48. The van der Waals surface area contributed by atoms with Crippen molar-refractivity contribution < 1.29 is 9.47 Å². The summed E-state index contributed by atoms with van der Waals surface area (Å²) in [5.41, 5.74) is 1.64. The fourth-order valence-corrected chi connectivity index (χ4v) is 4.05. The van der Waals surface area contributed by atoms with Gasteiger partial charge in [0.25, 0.3) is 0 Å². The number of rotatable bonds is 6. The van der Waals surface area contributed by atoms with Gasteiger partial charge < -0.3 is 14.4 Å². The molecule has 0 aliphatic carbocycles. The number of ether oxygens (including phenoxy) is 2. The van der Waals surface area contributed by atoms with Gasteiger partial charge in [-0.1, -0.05) is 13.0 Å². The molecule has 7 nitrogen and oxygen atoms in total. The first-order valence-corrected chi connectivity index (χ1v) is 9.02. The Bertz CT molecular complexity index is 705. The number of likely N-dealkylation sites (tertiary alicyclic amines) is 1. The SMILES string of the molecule is CC1(Cc2ccc3c(c2)OCO3)CCCN(CCCn2cnnn2)C1. The van der Waals surface area contributed by atoms with E-state index in [1.807, 2.05) is 6.07 Å². The maximum absolute atomic E-state index is 5.52. The lowest BCUT2D eigenvalue weighted by Crippen LogP contribution is -2.43. The highest BCUT2D eigenvalue weighted by molar-refractivity contribution is 5.44. The molecule has 1 unspecified atom stereocenters. The highest BCUT2D eigenvalue weighted by atomic mass is 16.7. The lowest BCUT2D eigenvalue weighted by atomic mass is 9.77. The molecule has 1 aromatic heterocycles. The molecule has 134 valence electrons. The van der Waals surface area contributed by atoms with Crippen molar-refractivity contribution in [3.05, 3.63) is 30.1 Å². The minimum absolute atomic E-state index is 0.306. The van der Waals surface area contributed by atoms with Crippen LogP contribution in [0.2, 0.25) is 0 Å². The average Bonchev–Trinajstić information content (AvgIpc) is 3.25. The fourth-order valence-electron chi connectivity index (χ4n) is 4.05. The van der Waals surface area contributed by atoms with Crippen LogP contribution in [0.25, 0.3) is 0 Å². The van der Waals surface area contributed by atoms with Crippen molar-refractivity contribution in [3.8, 4) is 11.5 Å². The molecule has 1 atom stereocenters. The second kappa shape index (κ2) is 7.00. The van der Waals surface area contributed by atoms with E-state index in [1.165, 1.54) is 24.9 Å². The molecule has 0 amide bonds. The van der Waals surface area contributed by atoms with Crippen molar-refractivity contribution in [3.63, 3.8) is 0 Å². The Morgan fingerprint density at radius 1 is 1.20 bits per heavy atom. The number of piperidine rings is 1. The molecule has 2 aliphatic heterocycles. The Morgan fingerprint density at radius 3 is 3.00 bits per heavy atom. The first kappa shape index (κ1) is 16.3. The lowest BCUT2D eigenvalue weighted by Gasteiger charge is -2.41. The third kappa shape index (κ3) is 3.92. The van der Waals surface area contributed by atoms with Gasteiger partial charge in [-0.25, -0.2) is 4.68 Å². The third-order valence-electron chi connectivity index (χ3n) is 5.18. The standard InChI is InChI=1S/C18H25N5O2/c1-18(11-15-4-5-16-17(10-15)25-14-24-16)6-2-7-22(12-18)8-3-9-23-13-19-20-21-23/h4-5,10,13H,2-3,6-9,11-12,14H2,1H3. The van der Waals surface area contributed by atoms with Crippen LogP contribution in [0.5, 0.6) is 11.5 Å². The fraction of sp³-hybridized carbons (Fsp3) is 0.611. The van der Waals surface area contributed by atoms with E-state index in [-0.39, 0.29) is 0 Å². The van der Waals surface area contributed by atoms with Gasteiger partial charge in [0.05, 0.1) is 0 Å². The van der Waals surface area contributed by atoms with Gasteiger partial charge in [-0.2, -0.15) is 0 Å². The molecule has 0 N–H and O–H groups in total. The molecule has 0 spiro atoms. The molecule has 25 heavy (non-hydrogen) atoms. The van der Waals surface area contributed by atoms with Gasteiger partial charge in [0.15, 0.2) is 11.5 Å². The smallest absolute Gasteiger partial charge is 0.231 e. The Balaban J connectivity index is 1.32. The van der Waals surface area contributed by atoms with E-state index in [4.69, 9.17) is 9.47 Å². The molecule has 0 bridgehead atoms. The van der Waals surface area contributed by atoms with Crippen molar-refractivity contribution in [2.75, 3.05) is 26.4 Å². The monoisotopic (exact) mass is 343 g/mol. The van der Waals surface area contributed by atoms with E-state index in [0.29, 0.717) is 12.2 Å². The number of nitrogens with zero attached hydrogens (tertiary/aromatic N) is 5. The molecular weight excluding hydrogens is 318 g/mol. The van der Waals surface area contributed by atoms with Crippen molar-refractivity contribution in [1.29, 1.82) is 0 Å². The van der Waals surface area contributed by atoms with Crippen molar-refractivity contribution in [2.45, 2.75) is 39.2 Å². The van der Waals surface area contributed by atoms with Gasteiger partial charge in [-0.15, -0.1) is 5.10 Å². The van der Waals surface area contributed by atoms with E-state index >= 15 is 0 Å². The molecule has 4 rings (SSSR count). The Labute approximate surface area is 147 Å². The number of fused-ring (bicyclic) bond motifs is 1. The third-order valence-corrected chi connectivity index (χ3v) is 5.18. The van der Waals surface area contributed by atoms with Crippen LogP contribution in [-0.2, 0) is 13.0 Å². The van der Waals surface area contributed by atoms with E-state index in [2.05, 4.69) is 39.5 Å². The Hall–Kier alpha value is -2.15. The topological polar surface area (TPSA) is 65.3 Å². The van der Waals surface area contributed by atoms with Crippen molar-refractivity contribution >= 4 is 0 Å². The van der Waals surface area contributed by atoms with Crippen LogP contribution in [0.4, 0.5) is 0 Å². The number of aromatic nitrogens is 4. The van der Waals surface area contributed by atoms with Gasteiger partial charge in [-0.3, -0.25) is 0 Å². The zero-order chi connectivity index (χ0) is 17.1. The van der Waals surface area contributed by atoms with Gasteiger partial charge >= 0.3 is 0 Å². The summed E-state index contributed by atoms with van der Waals surface area (Å²) >= 11 is 0. The summed E-state index contributed by atoms with van der Waals surface area (Å²) in [6.07, 6.45) is 6.36. The summed E-state index contributed by atoms with van der Waals surface area (Å²) < 4.78 is 12.7. The van der Waals surface area contributed by atoms with Crippen LogP contribution in [0.1, 0.15) is 31.7 Å². The van der Waals surface area contributed by atoms with E-state index in [0.717, 1.165) is 44.0 Å². The average molecular weight is 343 g/mol. The summed E-state index contributed by atoms with van der Waals surface area (Å²) in [7, 11) is 0. The molecule has 3 heterocycles. The molecule has 7 heteroatoms. The molecule has 0 saturated carbocycles. The van der Waals surface area contributed by atoms with Gasteiger partial charge in [-0.05, 0) is 72.3 Å². The first-order chi connectivity index (χ1) is 12.2. The summed E-state index contributed by atoms with van der Waals surface area (Å²) in [5, 5.41) is 11.3. The molecule has 1 fully saturated rings. The highest BCUT2D eigenvalue weighted by Gasteiger charge is 2.31. The maximum atomic E-state index is 5.52. The van der Waals surface area contributed by atoms with Crippen LogP contribution in [0.3, 0.4) is 0 Å². The Kier molecular flexibility index (Phi) is 4.57. The van der Waals surface area contributed by atoms with E-state index in [1.54, 1.807) is 11.0 Å². The molecule has 1 aromatic carbocycles. The van der Waals surface area contributed by atoms with Crippen LogP contribution < -0.4 is 9.47 Å². The highest BCUT2D eigenvalue weighted by Crippen LogP contribution is 2.37. The minimum atomic E-state index is 0.306. The predicted molar refractivity (Wildman–Crippen MR) is 92.5 cm³/mol. The molecular formula is C18H25N5O2. The second-order valence-corrected chi connectivity index (χ2v) is 7.48. The summed E-state index contributed by atoms with van der Waals surface area (Å²) in [4.78, 5) is 2.58. The quantitative estimate of drug-likeness (QED) is 0.801. The van der Waals surface area contributed by atoms with E-state index in [9.17, 15) is 0 Å². The van der Waals surface area contributed by atoms with Crippen molar-refractivity contribution in [1.82, 2.24) is 25.1 Å². The number of hydrogen-bond donors (Lipinski definition) is 0. The zero-order valence-corrected chi connectivity index (χ0v) is 14.7. The van der Waals surface area contributed by atoms with Gasteiger partial charge in [0, 0.05) is 13.1 Å². The molecule has 1 saturated heterocycles. The number of hydrogen-bond acceptors (Lipinski definition) is 6. The summed E-state index contributed by atoms with van der Waals surface area (Å²) in [6.45, 7) is 7.04. The van der Waals surface area contributed by atoms with Gasteiger partial charge in [0.2, 0.25) is 6.79 Å². The van der Waals surface area contributed by atoms with Crippen LogP contribution in [0.15, 0.2) is 24.5 Å². The van der Waals surface area contributed by atoms with Crippen molar-refractivity contribution in [2.24, 2.45) is 5.41 Å².